The monoisotopic (exact) mass is 258 g/mol. The minimum absolute atomic E-state index is 0.132. The van der Waals surface area contributed by atoms with Crippen LogP contribution in [0.5, 0.6) is 0 Å². The molecule has 1 aromatic rings. The van der Waals surface area contributed by atoms with E-state index in [2.05, 4.69) is 51.1 Å². The number of hydrogen-bond donors (Lipinski definition) is 0. The molecule has 2 atom stereocenters. The Morgan fingerprint density at radius 2 is 1.84 bits per heavy atom. The van der Waals surface area contributed by atoms with Crippen molar-refractivity contribution in [2.75, 3.05) is 0 Å². The normalized spacial score (nSPS) is 24.5. The van der Waals surface area contributed by atoms with E-state index in [4.69, 9.17) is 0 Å². The fourth-order valence-corrected chi connectivity index (χ4v) is 3.31. The lowest BCUT2D eigenvalue weighted by molar-refractivity contribution is -0.130. The molecule has 1 fully saturated rings. The SMILES string of the molecule is CC1CCC(C(C)(C)CCc2ccccc2)C(=O)C1. The van der Waals surface area contributed by atoms with Gasteiger partial charge in [0.1, 0.15) is 5.78 Å². The second-order valence-electron chi connectivity index (χ2n) is 6.88. The van der Waals surface area contributed by atoms with Crippen LogP contribution in [-0.2, 0) is 11.2 Å². The highest BCUT2D eigenvalue weighted by Gasteiger charge is 2.37. The van der Waals surface area contributed by atoms with Gasteiger partial charge in [0.05, 0.1) is 0 Å². The van der Waals surface area contributed by atoms with Crippen molar-refractivity contribution in [3.63, 3.8) is 0 Å². The van der Waals surface area contributed by atoms with Crippen molar-refractivity contribution in [2.45, 2.75) is 52.9 Å². The van der Waals surface area contributed by atoms with E-state index in [-0.39, 0.29) is 11.3 Å². The molecule has 0 radical (unpaired) electrons. The molecule has 0 N–H and O–H groups in total. The number of carbonyl (C=O) groups is 1. The van der Waals surface area contributed by atoms with Crippen LogP contribution < -0.4 is 0 Å². The fraction of sp³-hybridized carbons (Fsp3) is 0.611. The van der Waals surface area contributed by atoms with Gasteiger partial charge < -0.3 is 0 Å². The summed E-state index contributed by atoms with van der Waals surface area (Å²) in [7, 11) is 0. The van der Waals surface area contributed by atoms with Crippen LogP contribution in [0.25, 0.3) is 0 Å². The Hall–Kier alpha value is -1.11. The maximum atomic E-state index is 12.3. The average molecular weight is 258 g/mol. The largest absolute Gasteiger partial charge is 0.299 e. The van der Waals surface area contributed by atoms with Crippen LogP contribution in [0.1, 0.15) is 52.0 Å². The molecule has 2 unspecified atom stereocenters. The number of Topliss-reactive ketones (excluding diaryl/α,β-unsaturated/α-hetero) is 1. The molecule has 1 aliphatic carbocycles. The van der Waals surface area contributed by atoms with Crippen LogP contribution in [0.2, 0.25) is 0 Å². The van der Waals surface area contributed by atoms with E-state index in [9.17, 15) is 4.79 Å². The van der Waals surface area contributed by atoms with Crippen LogP contribution in [0.15, 0.2) is 30.3 Å². The molecular weight excluding hydrogens is 232 g/mol. The van der Waals surface area contributed by atoms with Crippen molar-refractivity contribution in [1.82, 2.24) is 0 Å². The molecule has 0 aromatic heterocycles. The summed E-state index contributed by atoms with van der Waals surface area (Å²) in [5.41, 5.74) is 1.51. The van der Waals surface area contributed by atoms with Crippen molar-refractivity contribution in [3.05, 3.63) is 35.9 Å². The first-order chi connectivity index (χ1) is 8.99. The van der Waals surface area contributed by atoms with Crippen LogP contribution in [0, 0.1) is 17.3 Å². The van der Waals surface area contributed by atoms with Gasteiger partial charge in [0.25, 0.3) is 0 Å². The zero-order valence-electron chi connectivity index (χ0n) is 12.5. The van der Waals surface area contributed by atoms with Gasteiger partial charge in [-0.3, -0.25) is 4.79 Å². The number of ketones is 1. The van der Waals surface area contributed by atoms with Gasteiger partial charge in [-0.2, -0.15) is 0 Å². The minimum Gasteiger partial charge on any atom is -0.299 e. The highest BCUT2D eigenvalue weighted by molar-refractivity contribution is 5.82. The molecule has 0 aliphatic heterocycles. The van der Waals surface area contributed by atoms with E-state index in [1.165, 1.54) is 12.0 Å². The van der Waals surface area contributed by atoms with Gasteiger partial charge in [0.2, 0.25) is 0 Å². The molecule has 1 aromatic carbocycles. The van der Waals surface area contributed by atoms with Crippen molar-refractivity contribution in [1.29, 1.82) is 0 Å². The first kappa shape index (κ1) is 14.3. The van der Waals surface area contributed by atoms with E-state index < -0.39 is 0 Å². The second-order valence-corrected chi connectivity index (χ2v) is 6.88. The predicted molar refractivity (Wildman–Crippen MR) is 80.1 cm³/mol. The van der Waals surface area contributed by atoms with E-state index in [1.807, 2.05) is 0 Å². The summed E-state index contributed by atoms with van der Waals surface area (Å²) in [6.07, 6.45) is 5.27. The molecule has 104 valence electrons. The number of hydrogen-bond acceptors (Lipinski definition) is 1. The van der Waals surface area contributed by atoms with Gasteiger partial charge in [-0.15, -0.1) is 0 Å². The molecular formula is C18H26O. The Morgan fingerprint density at radius 1 is 1.16 bits per heavy atom. The molecule has 1 nitrogen and oxygen atoms in total. The Labute approximate surface area is 117 Å². The van der Waals surface area contributed by atoms with E-state index in [0.717, 1.165) is 25.7 Å². The van der Waals surface area contributed by atoms with Crippen molar-refractivity contribution in [3.8, 4) is 0 Å². The molecule has 1 aliphatic rings. The quantitative estimate of drug-likeness (QED) is 0.768. The van der Waals surface area contributed by atoms with Gasteiger partial charge in [-0.05, 0) is 42.6 Å². The number of carbonyl (C=O) groups excluding carboxylic acids is 1. The predicted octanol–water partition coefficient (Wildman–Crippen LogP) is 4.65. The summed E-state index contributed by atoms with van der Waals surface area (Å²) >= 11 is 0. The first-order valence-corrected chi connectivity index (χ1v) is 7.55. The molecule has 0 heterocycles. The number of rotatable bonds is 4. The summed E-state index contributed by atoms with van der Waals surface area (Å²) < 4.78 is 0. The molecule has 1 saturated carbocycles. The van der Waals surface area contributed by atoms with E-state index >= 15 is 0 Å². The molecule has 0 amide bonds. The molecule has 2 rings (SSSR count). The third-order valence-corrected chi connectivity index (χ3v) is 4.73. The molecule has 0 saturated heterocycles. The maximum absolute atomic E-state index is 12.3. The van der Waals surface area contributed by atoms with Gasteiger partial charge in [-0.25, -0.2) is 0 Å². The van der Waals surface area contributed by atoms with Crippen molar-refractivity contribution in [2.24, 2.45) is 17.3 Å². The van der Waals surface area contributed by atoms with Crippen LogP contribution in [0.3, 0.4) is 0 Å². The average Bonchev–Trinajstić information content (AvgIpc) is 2.37. The Bertz CT molecular complexity index is 419. The Morgan fingerprint density at radius 3 is 2.47 bits per heavy atom. The van der Waals surface area contributed by atoms with Gasteiger partial charge >= 0.3 is 0 Å². The van der Waals surface area contributed by atoms with Crippen LogP contribution in [0.4, 0.5) is 0 Å². The summed E-state index contributed by atoms with van der Waals surface area (Å²) in [4.78, 5) is 12.3. The van der Waals surface area contributed by atoms with Gasteiger partial charge in [0, 0.05) is 12.3 Å². The lowest BCUT2D eigenvalue weighted by Crippen LogP contribution is -2.35. The minimum atomic E-state index is 0.132. The standard InChI is InChI=1S/C18H26O/c1-14-9-10-16(17(19)13-14)18(2,3)12-11-15-7-5-4-6-8-15/h4-8,14,16H,9-13H2,1-3H3. The zero-order valence-corrected chi connectivity index (χ0v) is 12.5. The zero-order chi connectivity index (χ0) is 13.9. The van der Waals surface area contributed by atoms with Crippen LogP contribution >= 0.6 is 0 Å². The second kappa shape index (κ2) is 5.90. The lowest BCUT2D eigenvalue weighted by Gasteiger charge is -2.37. The van der Waals surface area contributed by atoms with Crippen LogP contribution in [-0.4, -0.2) is 5.78 Å². The molecule has 1 heteroatoms. The molecule has 0 spiro atoms. The van der Waals surface area contributed by atoms with Crippen molar-refractivity contribution >= 4 is 5.78 Å². The third kappa shape index (κ3) is 3.68. The van der Waals surface area contributed by atoms with Gasteiger partial charge in [0.15, 0.2) is 0 Å². The van der Waals surface area contributed by atoms with E-state index in [0.29, 0.717) is 11.7 Å². The van der Waals surface area contributed by atoms with Crippen molar-refractivity contribution < 1.29 is 4.79 Å². The Balaban J connectivity index is 1.96. The smallest absolute Gasteiger partial charge is 0.136 e. The lowest BCUT2D eigenvalue weighted by atomic mass is 9.66. The third-order valence-electron chi connectivity index (χ3n) is 4.73. The summed E-state index contributed by atoms with van der Waals surface area (Å²) in [6.45, 7) is 6.74. The maximum Gasteiger partial charge on any atom is 0.136 e. The number of aryl methyl sites for hydroxylation is 1. The molecule has 19 heavy (non-hydrogen) atoms. The Kier molecular flexibility index (Phi) is 4.44. The summed E-state index contributed by atoms with van der Waals surface area (Å²) in [6, 6.07) is 10.6. The summed E-state index contributed by atoms with van der Waals surface area (Å²) in [5.74, 6) is 1.36. The summed E-state index contributed by atoms with van der Waals surface area (Å²) in [5, 5.41) is 0. The first-order valence-electron chi connectivity index (χ1n) is 7.55. The highest BCUT2D eigenvalue weighted by atomic mass is 16.1. The fourth-order valence-electron chi connectivity index (χ4n) is 3.31. The highest BCUT2D eigenvalue weighted by Crippen LogP contribution is 2.40. The number of benzene rings is 1. The van der Waals surface area contributed by atoms with Gasteiger partial charge in [-0.1, -0.05) is 51.1 Å². The van der Waals surface area contributed by atoms with E-state index in [1.54, 1.807) is 0 Å². The topological polar surface area (TPSA) is 17.1 Å². The molecule has 0 bridgehead atoms.